The van der Waals surface area contributed by atoms with Crippen LogP contribution in [0.5, 0.6) is 0 Å². The van der Waals surface area contributed by atoms with Crippen LogP contribution in [0.25, 0.3) is 0 Å². The van der Waals surface area contributed by atoms with Crippen molar-refractivity contribution in [2.45, 2.75) is 43.6 Å². The second-order valence-corrected chi connectivity index (χ2v) is 5.49. The highest BCUT2D eigenvalue weighted by atomic mass is 32.2. The Kier molecular flexibility index (Phi) is 5.97. The van der Waals surface area contributed by atoms with E-state index in [1.807, 2.05) is 6.92 Å². The van der Waals surface area contributed by atoms with Gasteiger partial charge in [-0.1, -0.05) is 25.6 Å². The molecule has 0 aliphatic heterocycles. The van der Waals surface area contributed by atoms with Crippen molar-refractivity contribution in [2.24, 2.45) is 0 Å². The van der Waals surface area contributed by atoms with Crippen LogP contribution in [0.1, 0.15) is 27.2 Å². The first-order chi connectivity index (χ1) is 8.97. The molecule has 0 aliphatic carbocycles. The standard InChI is InChI=1S/C11H18N4O3S/c1-4-5-12-10-9(15(17)18)11(14-6-13-10)19-8(3)7(2)16/h6-8,16H,4-5H2,1-3H3,(H,12,13,14). The maximum absolute atomic E-state index is 11.2. The molecule has 0 aliphatic rings. The molecule has 19 heavy (non-hydrogen) atoms. The summed E-state index contributed by atoms with van der Waals surface area (Å²) >= 11 is 1.17. The Morgan fingerprint density at radius 3 is 2.74 bits per heavy atom. The minimum absolute atomic E-state index is 0.131. The Hall–Kier alpha value is -1.41. The minimum atomic E-state index is -0.577. The fourth-order valence-electron chi connectivity index (χ4n) is 1.26. The van der Waals surface area contributed by atoms with Crippen LogP contribution in [0, 0.1) is 10.1 Å². The topological polar surface area (TPSA) is 101 Å². The maximum Gasteiger partial charge on any atom is 0.343 e. The molecule has 0 amide bonds. The lowest BCUT2D eigenvalue weighted by Gasteiger charge is -2.14. The SMILES string of the molecule is CCCNc1ncnc(SC(C)C(C)O)c1[N+](=O)[O-]. The van der Waals surface area contributed by atoms with E-state index < -0.39 is 11.0 Å². The van der Waals surface area contributed by atoms with Gasteiger partial charge in [0.15, 0.2) is 5.03 Å². The average molecular weight is 286 g/mol. The number of nitrogens with zero attached hydrogens (tertiary/aromatic N) is 3. The molecule has 7 nitrogen and oxygen atoms in total. The smallest absolute Gasteiger partial charge is 0.343 e. The number of hydrogen-bond donors (Lipinski definition) is 2. The van der Waals surface area contributed by atoms with Gasteiger partial charge in [-0.15, -0.1) is 0 Å². The molecule has 0 saturated carbocycles. The van der Waals surface area contributed by atoms with Gasteiger partial charge in [0.05, 0.1) is 11.0 Å². The molecule has 2 atom stereocenters. The fourth-order valence-corrected chi connectivity index (χ4v) is 2.20. The Labute approximate surface area is 116 Å². The molecule has 0 radical (unpaired) electrons. The highest BCUT2D eigenvalue weighted by Crippen LogP contribution is 2.35. The van der Waals surface area contributed by atoms with Crippen molar-refractivity contribution in [3.8, 4) is 0 Å². The first-order valence-corrected chi connectivity index (χ1v) is 6.93. The molecule has 0 bridgehead atoms. The molecule has 1 rings (SSSR count). The lowest BCUT2D eigenvalue weighted by Crippen LogP contribution is -2.16. The second kappa shape index (κ2) is 7.25. The van der Waals surface area contributed by atoms with E-state index in [9.17, 15) is 15.2 Å². The zero-order valence-electron chi connectivity index (χ0n) is 11.2. The summed E-state index contributed by atoms with van der Waals surface area (Å²) in [6, 6.07) is 0. The zero-order chi connectivity index (χ0) is 14.4. The van der Waals surface area contributed by atoms with E-state index in [4.69, 9.17) is 0 Å². The van der Waals surface area contributed by atoms with Gasteiger partial charge in [0.1, 0.15) is 6.33 Å². The summed E-state index contributed by atoms with van der Waals surface area (Å²) in [5.41, 5.74) is -0.131. The first-order valence-electron chi connectivity index (χ1n) is 6.05. The molecule has 2 N–H and O–H groups in total. The Balaban J connectivity index is 3.06. The van der Waals surface area contributed by atoms with Gasteiger partial charge in [0.25, 0.3) is 0 Å². The van der Waals surface area contributed by atoms with E-state index in [1.54, 1.807) is 13.8 Å². The lowest BCUT2D eigenvalue weighted by atomic mass is 10.3. The highest BCUT2D eigenvalue weighted by molar-refractivity contribution is 8.00. The molecule has 106 valence electrons. The molecular formula is C11H18N4O3S. The van der Waals surface area contributed by atoms with Gasteiger partial charge in [-0.2, -0.15) is 0 Å². The molecule has 1 heterocycles. The van der Waals surface area contributed by atoms with Crippen LogP contribution in [-0.2, 0) is 0 Å². The van der Waals surface area contributed by atoms with Gasteiger partial charge >= 0.3 is 5.69 Å². The summed E-state index contributed by atoms with van der Waals surface area (Å²) in [5, 5.41) is 23.6. The number of anilines is 1. The molecule has 1 aromatic rings. The number of aliphatic hydroxyl groups is 1. The highest BCUT2D eigenvalue weighted by Gasteiger charge is 2.25. The van der Waals surface area contributed by atoms with Crippen LogP contribution in [-0.4, -0.2) is 37.9 Å². The van der Waals surface area contributed by atoms with Crippen LogP contribution in [0.2, 0.25) is 0 Å². The van der Waals surface area contributed by atoms with Crippen molar-refractivity contribution in [1.29, 1.82) is 0 Å². The molecule has 0 aromatic carbocycles. The van der Waals surface area contributed by atoms with E-state index in [0.29, 0.717) is 6.54 Å². The summed E-state index contributed by atoms with van der Waals surface area (Å²) in [7, 11) is 0. The van der Waals surface area contributed by atoms with Crippen molar-refractivity contribution < 1.29 is 10.0 Å². The monoisotopic (exact) mass is 286 g/mol. The van der Waals surface area contributed by atoms with Crippen molar-refractivity contribution in [3.05, 3.63) is 16.4 Å². The third-order valence-corrected chi connectivity index (χ3v) is 3.78. The molecule has 8 heteroatoms. The van der Waals surface area contributed by atoms with Crippen molar-refractivity contribution in [3.63, 3.8) is 0 Å². The zero-order valence-corrected chi connectivity index (χ0v) is 12.0. The van der Waals surface area contributed by atoms with Crippen molar-refractivity contribution in [2.75, 3.05) is 11.9 Å². The summed E-state index contributed by atoms with van der Waals surface area (Å²) in [6.45, 7) is 6.00. The van der Waals surface area contributed by atoms with Crippen LogP contribution < -0.4 is 5.32 Å². The van der Waals surface area contributed by atoms with Crippen molar-refractivity contribution >= 4 is 23.3 Å². The van der Waals surface area contributed by atoms with Crippen LogP contribution in [0.3, 0.4) is 0 Å². The largest absolute Gasteiger partial charge is 0.392 e. The predicted molar refractivity (Wildman–Crippen MR) is 74.5 cm³/mol. The second-order valence-electron chi connectivity index (χ2n) is 4.12. The van der Waals surface area contributed by atoms with Gasteiger partial charge in [-0.3, -0.25) is 10.1 Å². The molecule has 0 fully saturated rings. The predicted octanol–water partition coefficient (Wildman–Crippen LogP) is 2.07. The van der Waals surface area contributed by atoms with Gasteiger partial charge in [0.2, 0.25) is 5.82 Å². The molecule has 1 aromatic heterocycles. The number of nitrogens with one attached hydrogen (secondary N) is 1. The number of hydrogen-bond acceptors (Lipinski definition) is 7. The normalized spacial score (nSPS) is 13.9. The number of rotatable bonds is 7. The van der Waals surface area contributed by atoms with Gasteiger partial charge < -0.3 is 10.4 Å². The van der Waals surface area contributed by atoms with Crippen LogP contribution >= 0.6 is 11.8 Å². The van der Waals surface area contributed by atoms with E-state index in [2.05, 4.69) is 15.3 Å². The minimum Gasteiger partial charge on any atom is -0.392 e. The lowest BCUT2D eigenvalue weighted by molar-refractivity contribution is -0.387. The Morgan fingerprint density at radius 2 is 2.21 bits per heavy atom. The fraction of sp³-hybridized carbons (Fsp3) is 0.636. The molecule has 0 spiro atoms. The summed E-state index contributed by atoms with van der Waals surface area (Å²) in [4.78, 5) is 18.5. The number of nitro groups is 1. The molecular weight excluding hydrogens is 268 g/mol. The van der Waals surface area contributed by atoms with Gasteiger partial charge in [-0.25, -0.2) is 9.97 Å². The number of aromatic nitrogens is 2. The average Bonchev–Trinajstić information content (AvgIpc) is 2.35. The first kappa shape index (κ1) is 15.6. The Bertz CT molecular complexity index is 442. The van der Waals surface area contributed by atoms with E-state index in [0.717, 1.165) is 6.42 Å². The third kappa shape index (κ3) is 4.32. The van der Waals surface area contributed by atoms with Gasteiger partial charge in [-0.05, 0) is 13.3 Å². The van der Waals surface area contributed by atoms with Crippen molar-refractivity contribution in [1.82, 2.24) is 9.97 Å². The number of aliphatic hydroxyl groups excluding tert-OH is 1. The summed E-state index contributed by atoms with van der Waals surface area (Å²) in [6.07, 6.45) is 1.56. The Morgan fingerprint density at radius 1 is 1.53 bits per heavy atom. The summed E-state index contributed by atoms with van der Waals surface area (Å²) in [5.74, 6) is 0.224. The molecule has 0 saturated heterocycles. The van der Waals surface area contributed by atoms with E-state index in [-0.39, 0.29) is 21.8 Å². The van der Waals surface area contributed by atoms with E-state index >= 15 is 0 Å². The maximum atomic E-state index is 11.2. The summed E-state index contributed by atoms with van der Waals surface area (Å²) < 4.78 is 0. The quantitative estimate of drug-likeness (QED) is 0.342. The van der Waals surface area contributed by atoms with Gasteiger partial charge in [0, 0.05) is 11.8 Å². The molecule has 2 unspecified atom stereocenters. The van der Waals surface area contributed by atoms with Crippen LogP contribution in [0.15, 0.2) is 11.4 Å². The van der Waals surface area contributed by atoms with E-state index in [1.165, 1.54) is 18.1 Å². The van der Waals surface area contributed by atoms with Crippen LogP contribution in [0.4, 0.5) is 11.5 Å². The third-order valence-electron chi connectivity index (χ3n) is 2.49. The number of thioether (sulfide) groups is 1.